The number of aldehydes is 1. The van der Waals surface area contributed by atoms with E-state index in [1.165, 1.54) is 68.6 Å². The zero-order valence-corrected chi connectivity index (χ0v) is 35.3. The van der Waals surface area contributed by atoms with Gasteiger partial charge in [-0.05, 0) is 106 Å². The molecule has 0 bridgehead atoms. The standard InChI is InChI=1S/C20H18FN3O4S.C10H10N2O4S.C9H8N2O3S/c1-11-15(16-9-14(21)4-5-18(16)24(11)10-20(25)26)7-13-3-6-19-17(8-13)22-12(2)23-29(19,27)28;1-6-11-8-5-7(10(13)16-2)3-4-9(8)17(14,15)12-6;1-6-10-8-4-7(5-12)2-3-9(8)15(13,14)11-6/h3-6,8-9H,7,10H2,1-2H3,(H,22,23)(H,25,26);3-5H,1-2H3,(H,11,12);2-5H,1H3,(H,10,11). The Morgan fingerprint density at radius 3 is 1.75 bits per heavy atom. The monoisotopic (exact) mass is 893 g/mol. The number of methoxy groups -OCH3 is 1. The fourth-order valence-electron chi connectivity index (χ4n) is 6.68. The molecule has 0 radical (unpaired) electrons. The molecule has 318 valence electrons. The number of anilines is 3. The Morgan fingerprint density at radius 1 is 0.721 bits per heavy atom. The largest absolute Gasteiger partial charge is 0.480 e. The van der Waals surface area contributed by atoms with Crippen LogP contribution in [-0.2, 0) is 52.6 Å². The Bertz CT molecular complexity index is 3120. The summed E-state index contributed by atoms with van der Waals surface area (Å²) in [5.74, 6) is -1.07. The summed E-state index contributed by atoms with van der Waals surface area (Å²) in [5.41, 5.74) is 4.84. The van der Waals surface area contributed by atoms with E-state index >= 15 is 0 Å². The van der Waals surface area contributed by atoms with Gasteiger partial charge in [-0.15, -0.1) is 13.2 Å². The van der Waals surface area contributed by atoms with Gasteiger partial charge in [0.1, 0.15) is 50.8 Å². The molecule has 4 heterocycles. The van der Waals surface area contributed by atoms with Crippen molar-refractivity contribution in [2.45, 2.75) is 55.3 Å². The fourth-order valence-corrected chi connectivity index (χ4v) is 10.1. The lowest BCUT2D eigenvalue weighted by atomic mass is 10.0. The van der Waals surface area contributed by atoms with E-state index in [0.717, 1.165) is 16.8 Å². The van der Waals surface area contributed by atoms with Gasteiger partial charge >= 0.3 is 11.9 Å². The summed E-state index contributed by atoms with van der Waals surface area (Å²) in [6.45, 7) is 6.22. The summed E-state index contributed by atoms with van der Waals surface area (Å²) >= 11 is 0. The number of aliphatic carboxylic acids is 1. The van der Waals surface area contributed by atoms with Gasteiger partial charge in [0.05, 0.1) is 29.7 Å². The van der Waals surface area contributed by atoms with Crippen LogP contribution in [0.25, 0.3) is 10.9 Å². The number of sulfonamides is 3. The van der Waals surface area contributed by atoms with Crippen LogP contribution < -0.4 is 16.0 Å². The SMILES string of the molecule is CC1=NS(=O)(=O)c2ccc(C=O)cc2N1.CC1=NS(=O)(=O)c2ccc(Cc3c(C)n(CC(=O)O)c4ccc(F)cc34)cc2N1.COC(=O)c1ccc2c(c1)NC(C)=NS2(=O)=O. The number of nitrogens with one attached hydrogen (secondary N) is 3. The van der Waals surface area contributed by atoms with Crippen molar-refractivity contribution >= 4 is 93.8 Å². The number of carboxylic acids is 1. The lowest BCUT2D eigenvalue weighted by Crippen LogP contribution is -2.19. The molecule has 3 aliphatic rings. The molecule has 4 N–H and O–H groups in total. The molecule has 4 aromatic carbocycles. The van der Waals surface area contributed by atoms with Crippen LogP contribution in [0.4, 0.5) is 21.5 Å². The van der Waals surface area contributed by atoms with Gasteiger partial charge in [-0.3, -0.25) is 9.59 Å². The molecule has 8 rings (SSSR count). The summed E-state index contributed by atoms with van der Waals surface area (Å²) in [6.07, 6.45) is 1.05. The van der Waals surface area contributed by atoms with Crippen molar-refractivity contribution in [3.05, 3.63) is 107 Å². The molecule has 0 fully saturated rings. The van der Waals surface area contributed by atoms with E-state index in [1.54, 1.807) is 43.5 Å². The molecular formula is C39H36FN7O11S3. The van der Waals surface area contributed by atoms with E-state index in [0.29, 0.717) is 52.1 Å². The highest BCUT2D eigenvalue weighted by molar-refractivity contribution is 7.91. The number of halogens is 1. The average Bonchev–Trinajstić information content (AvgIpc) is 3.41. The van der Waals surface area contributed by atoms with Crippen LogP contribution in [0, 0.1) is 12.7 Å². The maximum absolute atomic E-state index is 13.9. The molecule has 22 heteroatoms. The quantitative estimate of drug-likeness (QED) is 0.124. The van der Waals surface area contributed by atoms with E-state index in [4.69, 9.17) is 0 Å². The normalized spacial score (nSPS) is 15.9. The molecule has 0 saturated carbocycles. The van der Waals surface area contributed by atoms with Crippen molar-refractivity contribution in [3.63, 3.8) is 0 Å². The second-order valence-electron chi connectivity index (χ2n) is 13.6. The number of nitrogens with zero attached hydrogens (tertiary/aromatic N) is 4. The van der Waals surface area contributed by atoms with E-state index in [1.807, 2.05) is 0 Å². The number of esters is 1. The first-order chi connectivity index (χ1) is 28.6. The van der Waals surface area contributed by atoms with Gasteiger partial charge in [0.2, 0.25) is 0 Å². The number of carbonyl (C=O) groups excluding carboxylic acids is 2. The molecular weight excluding hydrogens is 858 g/mol. The topological polar surface area (TPSA) is 261 Å². The molecule has 1 aromatic heterocycles. The first kappa shape index (κ1) is 43.8. The van der Waals surface area contributed by atoms with E-state index < -0.39 is 47.8 Å². The van der Waals surface area contributed by atoms with Crippen LogP contribution in [0.1, 0.15) is 58.3 Å². The zero-order valence-electron chi connectivity index (χ0n) is 32.8. The van der Waals surface area contributed by atoms with Crippen molar-refractivity contribution < 1.29 is 53.9 Å². The van der Waals surface area contributed by atoms with Crippen molar-refractivity contribution in [1.29, 1.82) is 0 Å². The van der Waals surface area contributed by atoms with Gasteiger partial charge in [0.15, 0.2) is 0 Å². The fraction of sp³-hybridized carbons (Fsp3) is 0.179. The third-order valence-electron chi connectivity index (χ3n) is 9.23. The van der Waals surface area contributed by atoms with Crippen molar-refractivity contribution in [2.75, 3.05) is 23.1 Å². The highest BCUT2D eigenvalue weighted by Gasteiger charge is 2.26. The number of hydrogen-bond acceptors (Lipinski definition) is 13. The minimum absolute atomic E-state index is 0.0516. The van der Waals surface area contributed by atoms with E-state index in [-0.39, 0.29) is 38.5 Å². The number of fused-ring (bicyclic) bond motifs is 4. The second-order valence-corrected chi connectivity index (χ2v) is 18.3. The summed E-state index contributed by atoms with van der Waals surface area (Å²) in [6, 6.07) is 17.6. The number of carbonyl (C=O) groups is 3. The third-order valence-corrected chi connectivity index (χ3v) is 13.5. The van der Waals surface area contributed by atoms with Gasteiger partial charge < -0.3 is 30.4 Å². The number of benzene rings is 4. The van der Waals surface area contributed by atoms with Crippen LogP contribution in [0.3, 0.4) is 0 Å². The Morgan fingerprint density at radius 2 is 1.23 bits per heavy atom. The first-order valence-corrected chi connectivity index (χ1v) is 22.1. The number of aromatic nitrogens is 1. The summed E-state index contributed by atoms with van der Waals surface area (Å²) in [4.78, 5) is 33.4. The minimum atomic E-state index is -3.73. The van der Waals surface area contributed by atoms with Crippen molar-refractivity contribution in [3.8, 4) is 0 Å². The predicted octanol–water partition coefficient (Wildman–Crippen LogP) is 5.33. The maximum atomic E-state index is 13.9. The number of rotatable bonds is 6. The van der Waals surface area contributed by atoms with Gasteiger partial charge in [-0.1, -0.05) is 12.1 Å². The Kier molecular flexibility index (Phi) is 12.0. The van der Waals surface area contributed by atoms with Crippen molar-refractivity contribution in [1.82, 2.24) is 4.57 Å². The highest BCUT2D eigenvalue weighted by Crippen LogP contribution is 2.33. The Hall–Kier alpha value is -6.78. The molecule has 18 nitrogen and oxygen atoms in total. The molecule has 0 spiro atoms. The Labute approximate surface area is 349 Å². The number of amidine groups is 3. The maximum Gasteiger partial charge on any atom is 0.337 e. The van der Waals surface area contributed by atoms with Crippen LogP contribution in [-0.4, -0.2) is 77.8 Å². The van der Waals surface area contributed by atoms with Crippen LogP contribution in [0.5, 0.6) is 0 Å². The summed E-state index contributed by atoms with van der Waals surface area (Å²) in [5, 5.41) is 18.4. The van der Waals surface area contributed by atoms with Crippen molar-refractivity contribution in [2.24, 2.45) is 13.2 Å². The predicted molar refractivity (Wildman–Crippen MR) is 225 cm³/mol. The highest BCUT2D eigenvalue weighted by atomic mass is 32.2. The van der Waals surface area contributed by atoms with Crippen LogP contribution in [0.2, 0.25) is 0 Å². The van der Waals surface area contributed by atoms with Gasteiger partial charge in [0.25, 0.3) is 30.1 Å². The minimum Gasteiger partial charge on any atom is -0.480 e. The lowest BCUT2D eigenvalue weighted by Gasteiger charge is -2.17. The molecule has 61 heavy (non-hydrogen) atoms. The zero-order chi connectivity index (χ0) is 44.6. The molecule has 0 unspecified atom stereocenters. The van der Waals surface area contributed by atoms with Gasteiger partial charge in [-0.2, -0.15) is 25.3 Å². The van der Waals surface area contributed by atoms with E-state index in [9.17, 15) is 49.1 Å². The average molecular weight is 894 g/mol. The molecule has 0 amide bonds. The molecule has 0 saturated heterocycles. The lowest BCUT2D eigenvalue weighted by molar-refractivity contribution is -0.137. The third kappa shape index (κ3) is 9.35. The first-order valence-electron chi connectivity index (χ1n) is 17.8. The number of ether oxygens (including phenoxy) is 1. The summed E-state index contributed by atoms with van der Waals surface area (Å²) in [7, 11) is -9.74. The van der Waals surface area contributed by atoms with E-state index in [2.05, 4.69) is 33.9 Å². The van der Waals surface area contributed by atoms with Crippen LogP contribution in [0.15, 0.2) is 101 Å². The molecule has 3 aliphatic heterocycles. The Balaban J connectivity index is 0.000000166. The molecule has 5 aromatic rings. The molecule has 0 atom stereocenters. The smallest absolute Gasteiger partial charge is 0.337 e. The number of hydrogen-bond donors (Lipinski definition) is 4. The second kappa shape index (κ2) is 16.7. The van der Waals surface area contributed by atoms with Gasteiger partial charge in [0, 0.05) is 22.2 Å². The number of carboxylic acid groups (broad SMARTS) is 1. The van der Waals surface area contributed by atoms with Gasteiger partial charge in [-0.25, -0.2) is 9.18 Å². The van der Waals surface area contributed by atoms with Crippen LogP contribution >= 0.6 is 0 Å². The molecule has 0 aliphatic carbocycles. The summed E-state index contributed by atoms with van der Waals surface area (Å²) < 4.78 is 102.